The molecule has 0 spiro atoms. The molecular weight excluding hydrogens is 523 g/mol. The monoisotopic (exact) mass is 551 g/mol. The Labute approximate surface area is 229 Å². The summed E-state index contributed by atoms with van der Waals surface area (Å²) in [4.78, 5) is 15.5. The van der Waals surface area contributed by atoms with Gasteiger partial charge in [-0.2, -0.15) is 13.2 Å². The molecule has 3 aromatic carbocycles. The van der Waals surface area contributed by atoms with E-state index >= 15 is 0 Å². The van der Waals surface area contributed by atoms with Gasteiger partial charge in [-0.3, -0.25) is 0 Å². The van der Waals surface area contributed by atoms with Crippen LogP contribution in [0.2, 0.25) is 0 Å². The minimum atomic E-state index is -4.59. The molecule has 4 aromatic rings. The first-order chi connectivity index (χ1) is 19.2. The lowest BCUT2D eigenvalue weighted by molar-refractivity contribution is -0.141. The Balaban J connectivity index is 1.60. The van der Waals surface area contributed by atoms with Crippen LogP contribution in [0.15, 0.2) is 78.4 Å². The minimum Gasteiger partial charge on any atom is -0.496 e. The van der Waals surface area contributed by atoms with E-state index in [2.05, 4.69) is 4.98 Å². The normalized spacial score (nSPS) is 11.9. The van der Waals surface area contributed by atoms with E-state index in [9.17, 15) is 23.1 Å². The number of halogens is 3. The van der Waals surface area contributed by atoms with Gasteiger partial charge in [-0.1, -0.05) is 49.7 Å². The van der Waals surface area contributed by atoms with E-state index in [1.165, 1.54) is 13.2 Å². The molecular formula is C31H28F3NO5. The summed E-state index contributed by atoms with van der Waals surface area (Å²) < 4.78 is 56.8. The SMILES string of the molecule is CCC/C(=C\c1cc(OCc2ccc3nc(C(F)(F)F)cc(OC)c3c2)ccc1OCc1ccccc1)C(=O)O. The number of carboxylic acids is 1. The van der Waals surface area contributed by atoms with Gasteiger partial charge in [0.1, 0.15) is 36.2 Å². The highest BCUT2D eigenvalue weighted by atomic mass is 19.4. The summed E-state index contributed by atoms with van der Waals surface area (Å²) in [5, 5.41) is 10.1. The highest BCUT2D eigenvalue weighted by Gasteiger charge is 2.33. The lowest BCUT2D eigenvalue weighted by Gasteiger charge is -2.14. The van der Waals surface area contributed by atoms with Crippen LogP contribution >= 0.6 is 0 Å². The molecule has 0 amide bonds. The van der Waals surface area contributed by atoms with Crippen LogP contribution in [0.4, 0.5) is 13.2 Å². The number of fused-ring (bicyclic) bond motifs is 1. The molecule has 0 atom stereocenters. The van der Waals surface area contributed by atoms with Crippen LogP contribution in [0.25, 0.3) is 17.0 Å². The van der Waals surface area contributed by atoms with Crippen molar-refractivity contribution in [2.45, 2.75) is 39.2 Å². The van der Waals surface area contributed by atoms with Crippen molar-refractivity contribution in [3.63, 3.8) is 0 Å². The number of aromatic nitrogens is 1. The molecule has 0 fully saturated rings. The maximum atomic E-state index is 13.2. The van der Waals surface area contributed by atoms with Crippen molar-refractivity contribution in [2.24, 2.45) is 0 Å². The Morgan fingerprint density at radius 3 is 2.35 bits per heavy atom. The molecule has 40 heavy (non-hydrogen) atoms. The summed E-state index contributed by atoms with van der Waals surface area (Å²) in [5.74, 6) is 0.0309. The fraction of sp³-hybridized carbons (Fsp3) is 0.226. The number of ether oxygens (including phenoxy) is 3. The number of hydrogen-bond donors (Lipinski definition) is 1. The molecule has 6 nitrogen and oxygen atoms in total. The van der Waals surface area contributed by atoms with Gasteiger partial charge in [0.05, 0.1) is 12.6 Å². The van der Waals surface area contributed by atoms with E-state index in [-0.39, 0.29) is 23.4 Å². The van der Waals surface area contributed by atoms with Crippen LogP contribution in [0, 0.1) is 0 Å². The fourth-order valence-corrected chi connectivity index (χ4v) is 4.11. The number of alkyl halides is 3. The quantitative estimate of drug-likeness (QED) is 0.193. The molecule has 208 valence electrons. The van der Waals surface area contributed by atoms with E-state index in [4.69, 9.17) is 14.2 Å². The van der Waals surface area contributed by atoms with Gasteiger partial charge in [0.15, 0.2) is 0 Å². The van der Waals surface area contributed by atoms with Gasteiger partial charge in [-0.15, -0.1) is 0 Å². The first-order valence-electron chi connectivity index (χ1n) is 12.6. The van der Waals surface area contributed by atoms with Crippen molar-refractivity contribution in [1.82, 2.24) is 4.98 Å². The molecule has 1 heterocycles. The highest BCUT2D eigenvalue weighted by molar-refractivity contribution is 5.92. The summed E-state index contributed by atoms with van der Waals surface area (Å²) >= 11 is 0. The van der Waals surface area contributed by atoms with Crippen LogP contribution < -0.4 is 14.2 Å². The van der Waals surface area contributed by atoms with Crippen molar-refractivity contribution < 1.29 is 37.3 Å². The van der Waals surface area contributed by atoms with Crippen LogP contribution in [0.5, 0.6) is 17.2 Å². The number of rotatable bonds is 11. The molecule has 0 radical (unpaired) electrons. The van der Waals surface area contributed by atoms with Crippen molar-refractivity contribution in [2.75, 3.05) is 7.11 Å². The number of pyridine rings is 1. The molecule has 0 bridgehead atoms. The van der Waals surface area contributed by atoms with Gasteiger partial charge in [0.25, 0.3) is 0 Å². The molecule has 0 aliphatic rings. The molecule has 0 saturated carbocycles. The van der Waals surface area contributed by atoms with Crippen LogP contribution in [-0.4, -0.2) is 23.2 Å². The molecule has 9 heteroatoms. The van der Waals surface area contributed by atoms with Gasteiger partial charge >= 0.3 is 12.1 Å². The average molecular weight is 552 g/mol. The summed E-state index contributed by atoms with van der Waals surface area (Å²) in [6.07, 6.45) is -1.95. The molecule has 1 aromatic heterocycles. The van der Waals surface area contributed by atoms with Crippen molar-refractivity contribution in [3.8, 4) is 17.2 Å². The smallest absolute Gasteiger partial charge is 0.433 e. The Hall–Kier alpha value is -4.53. The van der Waals surface area contributed by atoms with Gasteiger partial charge < -0.3 is 19.3 Å². The second kappa shape index (κ2) is 12.5. The summed E-state index contributed by atoms with van der Waals surface area (Å²) in [7, 11) is 1.30. The largest absolute Gasteiger partial charge is 0.496 e. The zero-order valence-electron chi connectivity index (χ0n) is 22.0. The first kappa shape index (κ1) is 28.5. The Morgan fingerprint density at radius 1 is 0.925 bits per heavy atom. The molecule has 0 aliphatic heterocycles. The third-order valence-corrected chi connectivity index (χ3v) is 6.09. The summed E-state index contributed by atoms with van der Waals surface area (Å²) in [6.45, 7) is 2.32. The molecule has 4 rings (SSSR count). The average Bonchev–Trinajstić information content (AvgIpc) is 2.94. The topological polar surface area (TPSA) is 77.9 Å². The lowest BCUT2D eigenvalue weighted by atomic mass is 10.1. The third kappa shape index (κ3) is 7.11. The highest BCUT2D eigenvalue weighted by Crippen LogP contribution is 2.35. The Morgan fingerprint density at radius 2 is 1.68 bits per heavy atom. The maximum Gasteiger partial charge on any atom is 0.433 e. The van der Waals surface area contributed by atoms with E-state index < -0.39 is 17.8 Å². The first-order valence-corrected chi connectivity index (χ1v) is 12.6. The number of nitrogens with zero attached hydrogens (tertiary/aromatic N) is 1. The second-order valence-electron chi connectivity index (χ2n) is 9.05. The van der Waals surface area contributed by atoms with E-state index in [1.807, 2.05) is 37.3 Å². The molecule has 0 saturated heterocycles. The minimum absolute atomic E-state index is 0.0589. The number of hydrogen-bond acceptors (Lipinski definition) is 5. The Kier molecular flexibility index (Phi) is 8.93. The van der Waals surface area contributed by atoms with Gasteiger partial charge in [-0.25, -0.2) is 9.78 Å². The van der Waals surface area contributed by atoms with Gasteiger partial charge in [-0.05, 0) is 54.0 Å². The predicted molar refractivity (Wildman–Crippen MR) is 145 cm³/mol. The lowest BCUT2D eigenvalue weighted by Crippen LogP contribution is -2.08. The fourth-order valence-electron chi connectivity index (χ4n) is 4.11. The molecule has 0 unspecified atom stereocenters. The molecule has 0 aliphatic carbocycles. The van der Waals surface area contributed by atoms with Gasteiger partial charge in [0, 0.05) is 22.6 Å². The second-order valence-corrected chi connectivity index (χ2v) is 9.05. The number of aliphatic carboxylic acids is 1. The summed E-state index contributed by atoms with van der Waals surface area (Å²) in [6, 6.07) is 20.4. The Bertz CT molecular complexity index is 1520. The number of carbonyl (C=O) groups is 1. The van der Waals surface area contributed by atoms with Crippen LogP contribution in [0.3, 0.4) is 0 Å². The number of methoxy groups -OCH3 is 1. The third-order valence-electron chi connectivity index (χ3n) is 6.09. The van der Waals surface area contributed by atoms with Gasteiger partial charge in [0.2, 0.25) is 0 Å². The zero-order chi connectivity index (χ0) is 28.7. The standard InChI is InChI=1S/C31H28F3NO5/c1-3-7-22(30(36)37)15-23-16-24(11-13-27(23)40-18-20-8-5-4-6-9-20)39-19-21-10-12-26-25(14-21)28(38-2)17-29(35-26)31(32,33)34/h4-6,8-17H,3,7,18-19H2,1-2H3,(H,36,37)/b22-15+. The predicted octanol–water partition coefficient (Wildman–Crippen LogP) is 7.69. The zero-order valence-corrected chi connectivity index (χ0v) is 22.0. The van der Waals surface area contributed by atoms with Crippen molar-refractivity contribution >= 4 is 22.9 Å². The van der Waals surface area contributed by atoms with E-state index in [0.29, 0.717) is 47.5 Å². The van der Waals surface area contributed by atoms with Crippen molar-refractivity contribution in [3.05, 3.63) is 101 Å². The van der Waals surface area contributed by atoms with Crippen molar-refractivity contribution in [1.29, 1.82) is 0 Å². The number of carboxylic acid groups (broad SMARTS) is 1. The van der Waals surface area contributed by atoms with Crippen LogP contribution in [0.1, 0.15) is 42.1 Å². The summed E-state index contributed by atoms with van der Waals surface area (Å²) in [5.41, 5.74) is 1.58. The number of benzene rings is 3. The maximum absolute atomic E-state index is 13.2. The van der Waals surface area contributed by atoms with E-state index in [0.717, 1.165) is 11.6 Å². The van der Waals surface area contributed by atoms with Crippen LogP contribution in [-0.2, 0) is 24.2 Å². The van der Waals surface area contributed by atoms with E-state index in [1.54, 1.807) is 36.4 Å². The molecule has 1 N–H and O–H groups in total.